The fraction of sp³-hybridized carbons (Fsp3) is 0.500. The van der Waals surface area contributed by atoms with Gasteiger partial charge in [0.2, 0.25) is 0 Å². The molecule has 2 heteroatoms. The first kappa shape index (κ1) is 6.43. The van der Waals surface area contributed by atoms with E-state index in [0.29, 0.717) is 0 Å². The van der Waals surface area contributed by atoms with Crippen molar-refractivity contribution in [1.82, 2.24) is 0 Å². The topological polar surface area (TPSA) is 20.2 Å². The summed E-state index contributed by atoms with van der Waals surface area (Å²) in [5.74, 6) is 0. The molecule has 1 atom stereocenters. The summed E-state index contributed by atoms with van der Waals surface area (Å²) in [7, 11) is 0. The third kappa shape index (κ3) is 2.66. The maximum Gasteiger partial charge on any atom is 0.0583 e. The van der Waals surface area contributed by atoms with Crippen LogP contribution in [0.5, 0.6) is 0 Å². The van der Waals surface area contributed by atoms with E-state index in [4.69, 9.17) is 5.11 Å². The third-order valence-corrected chi connectivity index (χ3v) is 1.33. The van der Waals surface area contributed by atoms with Crippen LogP contribution in [0.15, 0.2) is 12.7 Å². The highest BCUT2D eigenvalue weighted by Crippen LogP contribution is 1.96. The quantitative estimate of drug-likeness (QED) is 0.398. The number of halogens is 1. The molecule has 0 aliphatic heterocycles. The molecule has 0 bridgehead atoms. The molecule has 1 unspecified atom stereocenters. The average molecular weight is 198 g/mol. The van der Waals surface area contributed by atoms with E-state index in [-0.39, 0.29) is 10.5 Å². The smallest absolute Gasteiger partial charge is 0.0583 e. The molecule has 0 spiro atoms. The van der Waals surface area contributed by atoms with Crippen molar-refractivity contribution in [2.75, 3.05) is 6.61 Å². The Labute approximate surface area is 51.2 Å². The van der Waals surface area contributed by atoms with Crippen LogP contribution < -0.4 is 0 Å². The van der Waals surface area contributed by atoms with E-state index in [0.717, 1.165) is 0 Å². The van der Waals surface area contributed by atoms with Gasteiger partial charge in [0.15, 0.2) is 0 Å². The summed E-state index contributed by atoms with van der Waals surface area (Å²) in [5, 5.41) is 8.26. The molecule has 0 heterocycles. The molecule has 0 aromatic heterocycles. The van der Waals surface area contributed by atoms with E-state index >= 15 is 0 Å². The predicted molar refractivity (Wildman–Crippen MR) is 35.1 cm³/mol. The minimum Gasteiger partial charge on any atom is -0.395 e. The molecule has 0 aromatic carbocycles. The Bertz CT molecular complexity index is 44.8. The van der Waals surface area contributed by atoms with Crippen molar-refractivity contribution in [2.45, 2.75) is 3.92 Å². The summed E-state index contributed by atoms with van der Waals surface area (Å²) in [6.07, 6.45) is 1.71. The second-order valence-corrected chi connectivity index (χ2v) is 2.53. The summed E-state index contributed by atoms with van der Waals surface area (Å²) in [4.78, 5) is 0. The lowest BCUT2D eigenvalue weighted by Crippen LogP contribution is -1.96. The van der Waals surface area contributed by atoms with E-state index in [9.17, 15) is 0 Å². The van der Waals surface area contributed by atoms with Crippen LogP contribution in [0, 0.1) is 0 Å². The monoisotopic (exact) mass is 198 g/mol. The molecule has 0 amide bonds. The summed E-state index contributed by atoms with van der Waals surface area (Å²) in [6, 6.07) is 0. The SMILES string of the molecule is C=CC(I)CO. The predicted octanol–water partition coefficient (Wildman–Crippen LogP) is 0.968. The molecule has 36 valence electrons. The average Bonchev–Trinajstić information content (AvgIpc) is 1.65. The van der Waals surface area contributed by atoms with Crippen LogP contribution in [0.3, 0.4) is 0 Å². The Morgan fingerprint density at radius 2 is 2.50 bits per heavy atom. The highest BCUT2D eigenvalue weighted by Gasteiger charge is 1.88. The van der Waals surface area contributed by atoms with Gasteiger partial charge in [-0.05, 0) is 0 Å². The number of hydrogen-bond acceptors (Lipinski definition) is 1. The number of alkyl halides is 1. The van der Waals surface area contributed by atoms with Gasteiger partial charge in [-0.3, -0.25) is 0 Å². The Kier molecular flexibility index (Phi) is 3.87. The van der Waals surface area contributed by atoms with Gasteiger partial charge < -0.3 is 5.11 Å². The van der Waals surface area contributed by atoms with Gasteiger partial charge in [-0.2, -0.15) is 0 Å². The number of aliphatic hydroxyl groups excluding tert-OH is 1. The number of hydrogen-bond donors (Lipinski definition) is 1. The molecule has 0 aromatic rings. The van der Waals surface area contributed by atoms with E-state index in [1.165, 1.54) is 0 Å². The second kappa shape index (κ2) is 3.61. The molecule has 0 radical (unpaired) electrons. The maximum atomic E-state index is 8.26. The van der Waals surface area contributed by atoms with Crippen molar-refractivity contribution in [1.29, 1.82) is 0 Å². The van der Waals surface area contributed by atoms with Gasteiger partial charge in [0.25, 0.3) is 0 Å². The van der Waals surface area contributed by atoms with Gasteiger partial charge in [0.1, 0.15) is 0 Å². The molecule has 0 aliphatic carbocycles. The Balaban J connectivity index is 2.96. The standard InChI is InChI=1S/C4H7IO/c1-2-4(5)3-6/h2,4,6H,1,3H2. The van der Waals surface area contributed by atoms with E-state index < -0.39 is 0 Å². The molecule has 0 fully saturated rings. The van der Waals surface area contributed by atoms with Crippen molar-refractivity contribution < 1.29 is 5.11 Å². The van der Waals surface area contributed by atoms with Crippen molar-refractivity contribution in [2.24, 2.45) is 0 Å². The largest absolute Gasteiger partial charge is 0.395 e. The Hall–Kier alpha value is 0.430. The molecular weight excluding hydrogens is 191 g/mol. The molecule has 0 saturated heterocycles. The highest BCUT2D eigenvalue weighted by atomic mass is 127. The Morgan fingerprint density at radius 3 is 2.50 bits per heavy atom. The van der Waals surface area contributed by atoms with Gasteiger partial charge in [0.05, 0.1) is 10.5 Å². The van der Waals surface area contributed by atoms with Gasteiger partial charge in [-0.15, -0.1) is 6.58 Å². The van der Waals surface area contributed by atoms with Crippen LogP contribution >= 0.6 is 22.6 Å². The fourth-order valence-electron chi connectivity index (χ4n) is 0.0745. The molecule has 0 aliphatic rings. The van der Waals surface area contributed by atoms with E-state index in [2.05, 4.69) is 29.2 Å². The van der Waals surface area contributed by atoms with Gasteiger partial charge >= 0.3 is 0 Å². The van der Waals surface area contributed by atoms with Crippen molar-refractivity contribution in [3.63, 3.8) is 0 Å². The summed E-state index contributed by atoms with van der Waals surface area (Å²) in [6.45, 7) is 3.66. The lowest BCUT2D eigenvalue weighted by atomic mass is 10.5. The summed E-state index contributed by atoms with van der Waals surface area (Å²) >= 11 is 2.10. The highest BCUT2D eigenvalue weighted by molar-refractivity contribution is 14.1. The Morgan fingerprint density at radius 1 is 2.00 bits per heavy atom. The van der Waals surface area contributed by atoms with Crippen LogP contribution in [-0.4, -0.2) is 15.6 Å². The number of aliphatic hydroxyl groups is 1. The molecule has 0 rings (SSSR count). The van der Waals surface area contributed by atoms with Crippen LogP contribution in [0.2, 0.25) is 0 Å². The van der Waals surface area contributed by atoms with E-state index in [1.807, 2.05) is 0 Å². The normalized spacial score (nSPS) is 13.7. The third-order valence-electron chi connectivity index (χ3n) is 0.430. The van der Waals surface area contributed by atoms with Crippen LogP contribution in [0.1, 0.15) is 0 Å². The molecule has 6 heavy (non-hydrogen) atoms. The van der Waals surface area contributed by atoms with Crippen LogP contribution in [0.4, 0.5) is 0 Å². The first-order valence-corrected chi connectivity index (χ1v) is 2.93. The lowest BCUT2D eigenvalue weighted by Gasteiger charge is -1.91. The van der Waals surface area contributed by atoms with Crippen molar-refractivity contribution in [3.8, 4) is 0 Å². The molecular formula is C4H7IO. The lowest BCUT2D eigenvalue weighted by molar-refractivity contribution is 0.311. The van der Waals surface area contributed by atoms with Crippen molar-refractivity contribution in [3.05, 3.63) is 12.7 Å². The van der Waals surface area contributed by atoms with Crippen molar-refractivity contribution >= 4 is 22.6 Å². The summed E-state index contributed by atoms with van der Waals surface area (Å²) in [5.41, 5.74) is 0. The molecule has 0 saturated carbocycles. The number of rotatable bonds is 2. The first-order chi connectivity index (χ1) is 2.81. The van der Waals surface area contributed by atoms with E-state index in [1.54, 1.807) is 6.08 Å². The minimum absolute atomic E-state index is 0.198. The van der Waals surface area contributed by atoms with Crippen LogP contribution in [-0.2, 0) is 0 Å². The molecule has 1 N–H and O–H groups in total. The summed E-state index contributed by atoms with van der Waals surface area (Å²) < 4.78 is 0.225. The van der Waals surface area contributed by atoms with Gasteiger partial charge in [-0.25, -0.2) is 0 Å². The fourth-order valence-corrected chi connectivity index (χ4v) is 0.0745. The zero-order valence-electron chi connectivity index (χ0n) is 3.39. The van der Waals surface area contributed by atoms with Gasteiger partial charge in [-0.1, -0.05) is 28.7 Å². The zero-order chi connectivity index (χ0) is 4.99. The first-order valence-electron chi connectivity index (χ1n) is 1.68. The van der Waals surface area contributed by atoms with Gasteiger partial charge in [0, 0.05) is 0 Å². The molecule has 1 nitrogen and oxygen atoms in total. The second-order valence-electron chi connectivity index (χ2n) is 0.934. The minimum atomic E-state index is 0.198. The zero-order valence-corrected chi connectivity index (χ0v) is 5.55. The maximum absolute atomic E-state index is 8.26. The van der Waals surface area contributed by atoms with Crippen LogP contribution in [0.25, 0.3) is 0 Å².